The van der Waals surface area contributed by atoms with Crippen LogP contribution in [0.1, 0.15) is 32.6 Å². The Labute approximate surface area is 127 Å². The molecule has 0 heterocycles. The van der Waals surface area contributed by atoms with Crippen LogP contribution in [0.15, 0.2) is 33.6 Å². The molecule has 1 aliphatic rings. The normalized spacial score (nSPS) is 19.5. The summed E-state index contributed by atoms with van der Waals surface area (Å²) < 4.78 is 13.5. The van der Waals surface area contributed by atoms with Gasteiger partial charge in [-0.25, -0.2) is 0 Å². The van der Waals surface area contributed by atoms with Gasteiger partial charge in [-0.2, -0.15) is 0 Å². The molecule has 0 amide bonds. The van der Waals surface area contributed by atoms with Gasteiger partial charge < -0.3 is 5.32 Å². The molecule has 1 aliphatic carbocycles. The minimum absolute atomic E-state index is 0.389. The molecule has 0 aromatic heterocycles. The van der Waals surface area contributed by atoms with Crippen molar-refractivity contribution in [1.29, 1.82) is 0 Å². The number of hydrogen-bond acceptors (Lipinski definition) is 2. The van der Waals surface area contributed by atoms with Crippen molar-refractivity contribution in [3.63, 3.8) is 0 Å². The van der Waals surface area contributed by atoms with Crippen LogP contribution in [0.3, 0.4) is 0 Å². The lowest BCUT2D eigenvalue weighted by Crippen LogP contribution is -2.39. The molecule has 0 aliphatic heterocycles. The first-order chi connectivity index (χ1) is 9.22. The molecule has 2 nitrogen and oxygen atoms in total. The van der Waals surface area contributed by atoms with Crippen molar-refractivity contribution >= 4 is 26.7 Å². The zero-order valence-electron chi connectivity index (χ0n) is 11.4. The Kier molecular flexibility index (Phi) is 6.05. The van der Waals surface area contributed by atoms with Crippen LogP contribution < -0.4 is 5.32 Å². The molecule has 1 fully saturated rings. The first-order valence-corrected chi connectivity index (χ1v) is 9.20. The van der Waals surface area contributed by atoms with E-state index >= 15 is 0 Å². The Balaban J connectivity index is 2.04. The van der Waals surface area contributed by atoms with Crippen LogP contribution >= 0.6 is 15.9 Å². The van der Waals surface area contributed by atoms with Crippen LogP contribution in [0, 0.1) is 5.92 Å². The lowest BCUT2D eigenvalue weighted by Gasteiger charge is -2.24. The summed E-state index contributed by atoms with van der Waals surface area (Å²) in [5.74, 6) is 1.42. The summed E-state index contributed by atoms with van der Waals surface area (Å²) in [6, 6.07) is 8.22. The fourth-order valence-corrected chi connectivity index (χ4v) is 5.10. The van der Waals surface area contributed by atoms with Crippen LogP contribution in [0.25, 0.3) is 0 Å². The van der Waals surface area contributed by atoms with E-state index in [1.165, 1.54) is 25.7 Å². The molecule has 1 saturated carbocycles. The second kappa shape index (κ2) is 7.55. The van der Waals surface area contributed by atoms with Gasteiger partial charge in [0.15, 0.2) is 0 Å². The molecule has 106 valence electrons. The van der Waals surface area contributed by atoms with Gasteiger partial charge in [-0.15, -0.1) is 0 Å². The minimum Gasteiger partial charge on any atom is -0.313 e. The minimum atomic E-state index is -0.932. The molecule has 1 N–H and O–H groups in total. The first kappa shape index (κ1) is 15.2. The van der Waals surface area contributed by atoms with Gasteiger partial charge in [0.05, 0.1) is 15.7 Å². The summed E-state index contributed by atoms with van der Waals surface area (Å²) in [6.45, 7) is 3.08. The molecule has 19 heavy (non-hydrogen) atoms. The standard InChI is InChI=1S/C15H22BrNOS/c1-2-17-14(12-7-3-4-8-12)11-19(18)15-10-6-5-9-13(15)16/h5-6,9-10,12,14,17H,2-4,7-8,11H2,1H3. The van der Waals surface area contributed by atoms with Gasteiger partial charge in [-0.1, -0.05) is 31.9 Å². The van der Waals surface area contributed by atoms with Gasteiger partial charge in [0.2, 0.25) is 0 Å². The average molecular weight is 344 g/mol. The van der Waals surface area contributed by atoms with Crippen molar-refractivity contribution < 1.29 is 4.21 Å². The smallest absolute Gasteiger partial charge is 0.0556 e. The Bertz CT molecular complexity index is 432. The molecule has 2 atom stereocenters. The molecule has 1 aromatic rings. The summed E-state index contributed by atoms with van der Waals surface area (Å²) in [7, 11) is -0.932. The molecule has 0 spiro atoms. The molecular formula is C15H22BrNOS. The van der Waals surface area contributed by atoms with E-state index in [0.717, 1.165) is 21.7 Å². The van der Waals surface area contributed by atoms with Crippen molar-refractivity contribution in [2.24, 2.45) is 5.92 Å². The van der Waals surface area contributed by atoms with Crippen LogP contribution in [0.5, 0.6) is 0 Å². The van der Waals surface area contributed by atoms with Crippen LogP contribution in [-0.2, 0) is 10.8 Å². The fourth-order valence-electron chi connectivity index (χ4n) is 2.87. The van der Waals surface area contributed by atoms with Gasteiger partial charge in [-0.3, -0.25) is 4.21 Å². The van der Waals surface area contributed by atoms with Crippen molar-refractivity contribution in [3.05, 3.63) is 28.7 Å². The zero-order chi connectivity index (χ0) is 13.7. The van der Waals surface area contributed by atoms with Gasteiger partial charge in [-0.05, 0) is 53.4 Å². The largest absolute Gasteiger partial charge is 0.313 e. The van der Waals surface area contributed by atoms with Crippen molar-refractivity contribution in [2.45, 2.75) is 43.5 Å². The second-order valence-corrected chi connectivity index (χ2v) is 7.47. The summed E-state index contributed by atoms with van der Waals surface area (Å²) >= 11 is 3.50. The third-order valence-corrected chi connectivity index (χ3v) is 6.31. The predicted molar refractivity (Wildman–Crippen MR) is 84.8 cm³/mol. The number of nitrogens with one attached hydrogen (secondary N) is 1. The Hall–Kier alpha value is -0.190. The molecule has 0 saturated heterocycles. The Morgan fingerprint density at radius 2 is 2.05 bits per heavy atom. The lowest BCUT2D eigenvalue weighted by atomic mass is 10.00. The van der Waals surface area contributed by atoms with Crippen molar-refractivity contribution in [1.82, 2.24) is 5.32 Å². The number of halogens is 1. The van der Waals surface area contributed by atoms with Crippen molar-refractivity contribution in [3.8, 4) is 0 Å². The molecule has 0 bridgehead atoms. The fraction of sp³-hybridized carbons (Fsp3) is 0.600. The predicted octanol–water partition coefficient (Wildman–Crippen LogP) is 3.73. The maximum atomic E-state index is 12.5. The third kappa shape index (κ3) is 4.14. The van der Waals surface area contributed by atoms with Gasteiger partial charge in [0.25, 0.3) is 0 Å². The van der Waals surface area contributed by atoms with Crippen LogP contribution in [0.4, 0.5) is 0 Å². The van der Waals surface area contributed by atoms with E-state index in [4.69, 9.17) is 0 Å². The third-order valence-electron chi connectivity index (χ3n) is 3.85. The maximum absolute atomic E-state index is 12.5. The molecule has 4 heteroatoms. The summed E-state index contributed by atoms with van der Waals surface area (Å²) in [5.41, 5.74) is 0. The van der Waals surface area contributed by atoms with Crippen LogP contribution in [0.2, 0.25) is 0 Å². The number of rotatable bonds is 6. The van der Waals surface area contributed by atoms with E-state index in [2.05, 4.69) is 28.2 Å². The highest BCUT2D eigenvalue weighted by Crippen LogP contribution is 2.29. The molecule has 2 unspecified atom stereocenters. The topological polar surface area (TPSA) is 29.1 Å². The van der Waals surface area contributed by atoms with Gasteiger partial charge >= 0.3 is 0 Å². The summed E-state index contributed by atoms with van der Waals surface area (Å²) in [6.07, 6.45) is 5.22. The van der Waals surface area contributed by atoms with E-state index in [1.54, 1.807) is 0 Å². The number of hydrogen-bond donors (Lipinski definition) is 1. The van der Waals surface area contributed by atoms with E-state index in [9.17, 15) is 4.21 Å². The van der Waals surface area contributed by atoms with Gasteiger partial charge in [0, 0.05) is 16.3 Å². The SMILES string of the molecule is CCNC(CS(=O)c1ccccc1Br)C1CCCC1. The van der Waals surface area contributed by atoms with E-state index in [-0.39, 0.29) is 0 Å². The first-order valence-electron chi connectivity index (χ1n) is 7.08. The highest BCUT2D eigenvalue weighted by molar-refractivity contribution is 9.10. The molecule has 0 radical (unpaired) electrons. The average Bonchev–Trinajstić information content (AvgIpc) is 2.92. The quantitative estimate of drug-likeness (QED) is 0.852. The Morgan fingerprint density at radius 3 is 2.68 bits per heavy atom. The monoisotopic (exact) mass is 343 g/mol. The van der Waals surface area contributed by atoms with E-state index in [0.29, 0.717) is 12.0 Å². The van der Waals surface area contributed by atoms with Crippen molar-refractivity contribution in [2.75, 3.05) is 12.3 Å². The molecular weight excluding hydrogens is 322 g/mol. The van der Waals surface area contributed by atoms with E-state index < -0.39 is 10.8 Å². The molecule has 2 rings (SSSR count). The summed E-state index contributed by atoms with van der Waals surface area (Å²) in [4.78, 5) is 0.920. The van der Waals surface area contributed by atoms with Crippen LogP contribution in [-0.4, -0.2) is 22.5 Å². The second-order valence-electron chi connectivity index (χ2n) is 5.15. The zero-order valence-corrected chi connectivity index (χ0v) is 13.8. The lowest BCUT2D eigenvalue weighted by molar-refractivity contribution is 0.392. The molecule has 1 aromatic carbocycles. The maximum Gasteiger partial charge on any atom is 0.0556 e. The number of benzene rings is 1. The van der Waals surface area contributed by atoms with Gasteiger partial charge in [0.1, 0.15) is 0 Å². The van der Waals surface area contributed by atoms with E-state index in [1.807, 2.05) is 24.3 Å². The summed E-state index contributed by atoms with van der Waals surface area (Å²) in [5, 5.41) is 3.54. The highest BCUT2D eigenvalue weighted by atomic mass is 79.9. The highest BCUT2D eigenvalue weighted by Gasteiger charge is 2.26. The Morgan fingerprint density at radius 1 is 1.37 bits per heavy atom.